The molecule has 0 spiro atoms. The number of aliphatic hydroxyl groups is 1. The van der Waals surface area contributed by atoms with Gasteiger partial charge in [-0.3, -0.25) is 4.90 Å². The van der Waals surface area contributed by atoms with Crippen LogP contribution in [0.4, 0.5) is 9.18 Å². The van der Waals surface area contributed by atoms with E-state index in [2.05, 4.69) is 0 Å². The summed E-state index contributed by atoms with van der Waals surface area (Å²) in [5.74, 6) is 0. The number of nitrogens with zero attached hydrogens (tertiary/aromatic N) is 1. The Balaban J connectivity index is 2.20. The number of fused-ring (bicyclic) bond motifs is 1. The van der Waals surface area contributed by atoms with E-state index in [1.54, 1.807) is 0 Å². The van der Waals surface area contributed by atoms with Gasteiger partial charge in [0.1, 0.15) is 18.4 Å². The third kappa shape index (κ3) is 1.17. The monoisotopic (exact) mass is 191 g/mol. The fraction of sp³-hybridized carbons (Fsp3) is 0.857. The van der Waals surface area contributed by atoms with Crippen LogP contribution in [0, 0.1) is 0 Å². The van der Waals surface area contributed by atoms with Crippen LogP contribution >= 0.6 is 0 Å². The zero-order chi connectivity index (χ0) is 9.59. The highest BCUT2D eigenvalue weighted by Gasteiger charge is 2.52. The summed E-state index contributed by atoms with van der Waals surface area (Å²) in [6.45, 7) is -0.193. The van der Waals surface area contributed by atoms with Crippen LogP contribution in [0.3, 0.4) is 0 Å². The largest absolute Gasteiger partial charge is 0.465 e. The normalized spacial score (nSPS) is 43.7. The lowest BCUT2D eigenvalue weighted by Gasteiger charge is -2.21. The molecule has 0 aliphatic carbocycles. The van der Waals surface area contributed by atoms with Gasteiger partial charge in [-0.2, -0.15) is 0 Å². The fourth-order valence-electron chi connectivity index (χ4n) is 1.95. The number of hydrogen-bond donors (Lipinski definition) is 2. The molecule has 0 aromatic carbocycles. The molecule has 2 aliphatic rings. The van der Waals surface area contributed by atoms with Crippen LogP contribution in [-0.4, -0.2) is 58.8 Å². The van der Waals surface area contributed by atoms with Crippen molar-refractivity contribution in [3.63, 3.8) is 0 Å². The van der Waals surface area contributed by atoms with E-state index in [-0.39, 0.29) is 13.2 Å². The van der Waals surface area contributed by atoms with Crippen LogP contribution in [0.2, 0.25) is 0 Å². The molecule has 0 saturated carbocycles. The van der Waals surface area contributed by atoms with Crippen molar-refractivity contribution < 1.29 is 24.1 Å². The maximum absolute atomic E-state index is 13.1. The second kappa shape index (κ2) is 2.81. The van der Waals surface area contributed by atoms with E-state index in [1.165, 1.54) is 0 Å². The van der Waals surface area contributed by atoms with E-state index < -0.39 is 30.5 Å². The molecule has 0 aromatic heterocycles. The van der Waals surface area contributed by atoms with Crippen molar-refractivity contribution in [2.75, 3.05) is 13.2 Å². The summed E-state index contributed by atoms with van der Waals surface area (Å²) < 4.78 is 18.1. The van der Waals surface area contributed by atoms with Crippen LogP contribution < -0.4 is 0 Å². The molecule has 2 aliphatic heterocycles. The molecule has 0 aromatic rings. The number of carbonyl (C=O) groups is 1. The lowest BCUT2D eigenvalue weighted by molar-refractivity contribution is 0.0481. The van der Waals surface area contributed by atoms with E-state index in [1.807, 2.05) is 0 Å². The van der Waals surface area contributed by atoms with Crippen molar-refractivity contribution in [1.82, 2.24) is 4.90 Å². The molecule has 2 N–H and O–H groups in total. The number of amides is 1. The molecule has 2 heterocycles. The molecule has 2 saturated heterocycles. The Bertz CT molecular complexity index is 237. The third-order valence-electron chi connectivity index (χ3n) is 2.52. The predicted octanol–water partition coefficient (Wildman–Crippen LogP) is -0.554. The Morgan fingerprint density at radius 2 is 2.31 bits per heavy atom. The topological polar surface area (TPSA) is 70.0 Å². The summed E-state index contributed by atoms with van der Waals surface area (Å²) in [5.41, 5.74) is 0. The summed E-state index contributed by atoms with van der Waals surface area (Å²) in [4.78, 5) is 11.5. The van der Waals surface area contributed by atoms with Gasteiger partial charge in [0.25, 0.3) is 0 Å². The molecular formula is C7H10FNO4. The predicted molar refractivity (Wildman–Crippen MR) is 39.2 cm³/mol. The smallest absolute Gasteiger partial charge is 0.407 e. The van der Waals surface area contributed by atoms with Gasteiger partial charge in [0, 0.05) is 0 Å². The van der Waals surface area contributed by atoms with Crippen LogP contribution in [0.5, 0.6) is 0 Å². The highest BCUT2D eigenvalue weighted by molar-refractivity contribution is 5.66. The number of likely N-dealkylation sites (tertiary alicyclic amines) is 1. The minimum atomic E-state index is -1.32. The first-order valence-electron chi connectivity index (χ1n) is 4.04. The molecule has 5 nitrogen and oxygen atoms in total. The Morgan fingerprint density at radius 3 is 2.92 bits per heavy atom. The number of carboxylic acid groups (broad SMARTS) is 1. The van der Waals surface area contributed by atoms with E-state index >= 15 is 0 Å². The van der Waals surface area contributed by atoms with Gasteiger partial charge in [-0.15, -0.1) is 0 Å². The van der Waals surface area contributed by atoms with Crippen molar-refractivity contribution in [2.24, 2.45) is 0 Å². The second-order valence-corrected chi connectivity index (χ2v) is 3.31. The average molecular weight is 191 g/mol. The molecule has 2 fully saturated rings. The number of halogens is 1. The summed E-state index contributed by atoms with van der Waals surface area (Å²) in [5, 5.41) is 18.0. The zero-order valence-corrected chi connectivity index (χ0v) is 6.76. The molecule has 1 amide bonds. The molecule has 2 rings (SSSR count). The lowest BCUT2D eigenvalue weighted by atomic mass is 10.1. The number of aliphatic hydroxyl groups excluding tert-OH is 1. The van der Waals surface area contributed by atoms with E-state index in [0.717, 1.165) is 4.90 Å². The molecule has 13 heavy (non-hydrogen) atoms. The second-order valence-electron chi connectivity index (χ2n) is 3.31. The molecule has 0 bridgehead atoms. The Kier molecular flexibility index (Phi) is 1.88. The summed E-state index contributed by atoms with van der Waals surface area (Å²) >= 11 is 0. The first-order chi connectivity index (χ1) is 6.11. The van der Waals surface area contributed by atoms with Crippen LogP contribution in [-0.2, 0) is 4.74 Å². The number of alkyl halides is 1. The quantitative estimate of drug-likeness (QED) is 0.538. The van der Waals surface area contributed by atoms with Gasteiger partial charge in [0.15, 0.2) is 0 Å². The van der Waals surface area contributed by atoms with Crippen molar-refractivity contribution in [2.45, 2.75) is 24.4 Å². The summed E-state index contributed by atoms with van der Waals surface area (Å²) in [6.07, 6.45) is -4.22. The van der Waals surface area contributed by atoms with E-state index in [0.29, 0.717) is 0 Å². The molecule has 74 valence electrons. The zero-order valence-electron chi connectivity index (χ0n) is 6.76. The van der Waals surface area contributed by atoms with Gasteiger partial charge in [-0.25, -0.2) is 9.18 Å². The van der Waals surface area contributed by atoms with Gasteiger partial charge in [0.05, 0.1) is 19.2 Å². The first kappa shape index (κ1) is 8.71. The summed E-state index contributed by atoms with van der Waals surface area (Å²) in [6, 6.07) is -0.729. The van der Waals surface area contributed by atoms with Gasteiger partial charge in [0.2, 0.25) is 0 Å². The minimum Gasteiger partial charge on any atom is -0.465 e. The van der Waals surface area contributed by atoms with Crippen molar-refractivity contribution in [3.05, 3.63) is 0 Å². The maximum atomic E-state index is 13.1. The Labute approximate surface area is 73.7 Å². The third-order valence-corrected chi connectivity index (χ3v) is 2.52. The molecule has 6 heteroatoms. The van der Waals surface area contributed by atoms with Gasteiger partial charge >= 0.3 is 6.09 Å². The van der Waals surface area contributed by atoms with Gasteiger partial charge in [-0.1, -0.05) is 0 Å². The summed E-state index contributed by atoms with van der Waals surface area (Å²) in [7, 11) is 0. The van der Waals surface area contributed by atoms with Crippen molar-refractivity contribution in [3.8, 4) is 0 Å². The van der Waals surface area contributed by atoms with Crippen LogP contribution in [0.1, 0.15) is 0 Å². The average Bonchev–Trinajstić information content (AvgIpc) is 2.55. The van der Waals surface area contributed by atoms with Crippen molar-refractivity contribution >= 4 is 6.09 Å². The Hall–Kier alpha value is -0.880. The number of rotatable bonds is 0. The molecule has 4 unspecified atom stereocenters. The van der Waals surface area contributed by atoms with E-state index in [4.69, 9.17) is 9.84 Å². The van der Waals surface area contributed by atoms with Crippen molar-refractivity contribution in [1.29, 1.82) is 0 Å². The highest BCUT2D eigenvalue weighted by Crippen LogP contribution is 2.31. The first-order valence-corrected chi connectivity index (χ1v) is 4.04. The standard InChI is InChI=1S/C7H10FNO4/c8-3-1-9(7(11)12)5-4(10)2-13-6(3)5/h3-6,10H,1-2H2,(H,11,12). The minimum absolute atomic E-state index is 0.0134. The highest BCUT2D eigenvalue weighted by atomic mass is 19.1. The number of hydrogen-bond acceptors (Lipinski definition) is 3. The van der Waals surface area contributed by atoms with Crippen LogP contribution in [0.15, 0.2) is 0 Å². The number of ether oxygens (including phenoxy) is 1. The Morgan fingerprint density at radius 1 is 1.62 bits per heavy atom. The van der Waals surface area contributed by atoms with E-state index in [9.17, 15) is 14.3 Å². The SMILES string of the molecule is O=C(O)N1CC(F)C2OCC(O)C21. The lowest BCUT2D eigenvalue weighted by Crippen LogP contribution is -2.43. The van der Waals surface area contributed by atoms with Crippen LogP contribution in [0.25, 0.3) is 0 Å². The van der Waals surface area contributed by atoms with Gasteiger partial charge in [-0.05, 0) is 0 Å². The fourth-order valence-corrected chi connectivity index (χ4v) is 1.95. The molecule has 4 atom stereocenters. The maximum Gasteiger partial charge on any atom is 0.407 e. The van der Waals surface area contributed by atoms with Gasteiger partial charge < -0.3 is 14.9 Å². The molecular weight excluding hydrogens is 181 g/mol. The molecule has 0 radical (unpaired) electrons.